The van der Waals surface area contributed by atoms with Gasteiger partial charge in [-0.2, -0.15) is 0 Å². The molecule has 150 valence electrons. The molecular formula is C21H18BrFN2O3S. The van der Waals surface area contributed by atoms with Crippen molar-refractivity contribution in [1.29, 1.82) is 0 Å². The Kier molecular flexibility index (Phi) is 6.34. The average molecular weight is 477 g/mol. The molecule has 5 nitrogen and oxygen atoms in total. The summed E-state index contributed by atoms with van der Waals surface area (Å²) in [5, 5.41) is 0. The van der Waals surface area contributed by atoms with Crippen molar-refractivity contribution in [1.82, 2.24) is 4.90 Å². The largest absolute Gasteiger partial charge is 0.337 e. The molecule has 0 aliphatic rings. The zero-order valence-electron chi connectivity index (χ0n) is 15.5. The number of amides is 1. The minimum atomic E-state index is -3.92. The van der Waals surface area contributed by atoms with E-state index in [0.29, 0.717) is 6.54 Å². The van der Waals surface area contributed by atoms with E-state index in [4.69, 9.17) is 0 Å². The molecule has 0 saturated carbocycles. The fourth-order valence-electron chi connectivity index (χ4n) is 2.68. The van der Waals surface area contributed by atoms with Crippen LogP contribution >= 0.6 is 15.9 Å². The van der Waals surface area contributed by atoms with E-state index in [1.54, 1.807) is 13.1 Å². The molecule has 0 atom stereocenters. The van der Waals surface area contributed by atoms with Crippen LogP contribution in [0.5, 0.6) is 0 Å². The van der Waals surface area contributed by atoms with Gasteiger partial charge in [0, 0.05) is 29.3 Å². The van der Waals surface area contributed by atoms with Gasteiger partial charge >= 0.3 is 0 Å². The Labute approximate surface area is 177 Å². The smallest absolute Gasteiger partial charge is 0.261 e. The molecule has 0 aliphatic carbocycles. The Morgan fingerprint density at radius 3 is 2.34 bits per heavy atom. The first-order valence-electron chi connectivity index (χ1n) is 8.63. The van der Waals surface area contributed by atoms with Gasteiger partial charge < -0.3 is 4.90 Å². The van der Waals surface area contributed by atoms with Crippen molar-refractivity contribution in [2.75, 3.05) is 11.8 Å². The highest BCUT2D eigenvalue weighted by Crippen LogP contribution is 2.19. The Bertz CT molecular complexity index is 1120. The van der Waals surface area contributed by atoms with Gasteiger partial charge in [0.1, 0.15) is 5.82 Å². The van der Waals surface area contributed by atoms with Gasteiger partial charge in [-0.1, -0.05) is 34.1 Å². The van der Waals surface area contributed by atoms with Crippen LogP contribution in [0.1, 0.15) is 15.9 Å². The maximum absolute atomic E-state index is 13.0. The van der Waals surface area contributed by atoms with E-state index in [0.717, 1.165) is 22.2 Å². The number of hydrogen-bond donors (Lipinski definition) is 1. The summed E-state index contributed by atoms with van der Waals surface area (Å²) in [5.41, 5.74) is 1.44. The summed E-state index contributed by atoms with van der Waals surface area (Å²) in [6.45, 7) is 0.386. The van der Waals surface area contributed by atoms with Crippen LogP contribution in [-0.2, 0) is 16.6 Å². The predicted octanol–water partition coefficient (Wildman–Crippen LogP) is 4.66. The Morgan fingerprint density at radius 2 is 1.69 bits per heavy atom. The summed E-state index contributed by atoms with van der Waals surface area (Å²) in [6.07, 6.45) is 0. The first-order valence-corrected chi connectivity index (χ1v) is 10.9. The van der Waals surface area contributed by atoms with E-state index in [2.05, 4.69) is 20.7 Å². The zero-order valence-corrected chi connectivity index (χ0v) is 17.9. The third-order valence-electron chi connectivity index (χ3n) is 4.17. The minimum Gasteiger partial charge on any atom is -0.337 e. The number of carbonyl (C=O) groups is 1. The number of benzene rings is 3. The topological polar surface area (TPSA) is 66.5 Å². The Balaban J connectivity index is 1.77. The molecule has 29 heavy (non-hydrogen) atoms. The van der Waals surface area contributed by atoms with E-state index >= 15 is 0 Å². The quantitative estimate of drug-likeness (QED) is 0.562. The van der Waals surface area contributed by atoms with Crippen LogP contribution in [0.2, 0.25) is 0 Å². The van der Waals surface area contributed by atoms with Crippen LogP contribution in [0.25, 0.3) is 0 Å². The molecule has 0 heterocycles. The lowest BCUT2D eigenvalue weighted by molar-refractivity contribution is 0.0785. The molecule has 3 aromatic carbocycles. The van der Waals surface area contributed by atoms with E-state index < -0.39 is 15.8 Å². The van der Waals surface area contributed by atoms with E-state index in [9.17, 15) is 17.6 Å². The van der Waals surface area contributed by atoms with Gasteiger partial charge in [0.15, 0.2) is 0 Å². The van der Waals surface area contributed by atoms with Crippen LogP contribution in [0.3, 0.4) is 0 Å². The van der Waals surface area contributed by atoms with E-state index in [1.807, 2.05) is 24.3 Å². The van der Waals surface area contributed by atoms with Gasteiger partial charge in [-0.25, -0.2) is 12.8 Å². The fraction of sp³-hybridized carbons (Fsp3) is 0.0952. The summed E-state index contributed by atoms with van der Waals surface area (Å²) in [5.74, 6) is -0.763. The maximum atomic E-state index is 13.0. The number of carbonyl (C=O) groups excluding carboxylic acids is 1. The second-order valence-electron chi connectivity index (χ2n) is 6.43. The molecule has 0 saturated heterocycles. The average Bonchev–Trinajstić information content (AvgIpc) is 2.71. The van der Waals surface area contributed by atoms with Gasteiger partial charge in [0.05, 0.1) is 4.90 Å². The molecule has 0 fully saturated rings. The summed E-state index contributed by atoms with van der Waals surface area (Å²) < 4.78 is 41.6. The second kappa shape index (κ2) is 8.75. The van der Waals surface area contributed by atoms with Crippen LogP contribution in [-0.4, -0.2) is 26.3 Å². The molecule has 8 heteroatoms. The Morgan fingerprint density at radius 1 is 1.03 bits per heavy atom. The third kappa shape index (κ3) is 5.42. The molecule has 1 N–H and O–H groups in total. The molecule has 0 unspecified atom stereocenters. The van der Waals surface area contributed by atoms with Crippen LogP contribution < -0.4 is 4.72 Å². The number of nitrogens with zero attached hydrogens (tertiary/aromatic N) is 1. The van der Waals surface area contributed by atoms with Crippen LogP contribution in [0.15, 0.2) is 82.2 Å². The van der Waals surface area contributed by atoms with Gasteiger partial charge in [-0.3, -0.25) is 9.52 Å². The third-order valence-corrected chi connectivity index (χ3v) is 6.08. The van der Waals surface area contributed by atoms with Crippen molar-refractivity contribution >= 4 is 37.5 Å². The molecule has 0 bridgehead atoms. The fourth-order valence-corrected chi connectivity index (χ4v) is 4.05. The first kappa shape index (κ1) is 21.0. The van der Waals surface area contributed by atoms with Gasteiger partial charge in [0.25, 0.3) is 15.9 Å². The summed E-state index contributed by atoms with van der Waals surface area (Å²) in [7, 11) is -2.26. The molecule has 0 radical (unpaired) electrons. The van der Waals surface area contributed by atoms with Crippen molar-refractivity contribution in [3.63, 3.8) is 0 Å². The molecule has 3 aromatic rings. The van der Waals surface area contributed by atoms with E-state index in [-0.39, 0.29) is 22.1 Å². The highest BCUT2D eigenvalue weighted by atomic mass is 79.9. The van der Waals surface area contributed by atoms with Crippen molar-refractivity contribution in [3.05, 3.63) is 94.2 Å². The monoisotopic (exact) mass is 476 g/mol. The maximum Gasteiger partial charge on any atom is 0.261 e. The predicted molar refractivity (Wildman–Crippen MR) is 114 cm³/mol. The van der Waals surface area contributed by atoms with Crippen molar-refractivity contribution in [3.8, 4) is 0 Å². The molecule has 3 rings (SSSR count). The van der Waals surface area contributed by atoms with Gasteiger partial charge in [-0.15, -0.1) is 0 Å². The number of nitrogens with one attached hydrogen (secondary N) is 1. The lowest BCUT2D eigenvalue weighted by atomic mass is 10.1. The SMILES string of the molecule is CN(Cc1ccc(Br)cc1)C(=O)c1cccc(S(=O)(=O)Nc2ccc(F)cc2)c1. The number of halogens is 2. The van der Waals surface area contributed by atoms with Crippen molar-refractivity contribution in [2.45, 2.75) is 11.4 Å². The van der Waals surface area contributed by atoms with Crippen molar-refractivity contribution < 1.29 is 17.6 Å². The number of sulfonamides is 1. The highest BCUT2D eigenvalue weighted by Gasteiger charge is 2.18. The second-order valence-corrected chi connectivity index (χ2v) is 9.03. The van der Waals surface area contributed by atoms with Crippen LogP contribution in [0.4, 0.5) is 10.1 Å². The number of anilines is 1. The number of rotatable bonds is 6. The number of hydrogen-bond acceptors (Lipinski definition) is 3. The first-order chi connectivity index (χ1) is 13.7. The lowest BCUT2D eigenvalue weighted by Crippen LogP contribution is -2.26. The summed E-state index contributed by atoms with van der Waals surface area (Å²) >= 11 is 3.37. The molecule has 1 amide bonds. The van der Waals surface area contributed by atoms with Gasteiger partial charge in [-0.05, 0) is 60.2 Å². The summed E-state index contributed by atoms with van der Waals surface area (Å²) in [4.78, 5) is 14.2. The zero-order chi connectivity index (χ0) is 21.0. The van der Waals surface area contributed by atoms with E-state index in [1.165, 1.54) is 35.2 Å². The highest BCUT2D eigenvalue weighted by molar-refractivity contribution is 9.10. The molecule has 0 aromatic heterocycles. The Hall–Kier alpha value is -2.71. The summed E-state index contributed by atoms with van der Waals surface area (Å²) in [6, 6.07) is 18.4. The standard InChI is InChI=1S/C21H18BrFN2O3S/c1-25(14-15-5-7-17(22)8-6-15)21(26)16-3-2-4-20(13-16)29(27,28)24-19-11-9-18(23)10-12-19/h2-13,24H,14H2,1H3. The molecular weight excluding hydrogens is 459 g/mol. The lowest BCUT2D eigenvalue weighted by Gasteiger charge is -2.18. The van der Waals surface area contributed by atoms with Crippen molar-refractivity contribution in [2.24, 2.45) is 0 Å². The minimum absolute atomic E-state index is 0.0512. The normalized spacial score (nSPS) is 11.1. The molecule has 0 spiro atoms. The molecule has 0 aliphatic heterocycles. The van der Waals surface area contributed by atoms with Crippen LogP contribution in [0, 0.1) is 5.82 Å². The van der Waals surface area contributed by atoms with Gasteiger partial charge in [0.2, 0.25) is 0 Å².